The second-order valence-corrected chi connectivity index (χ2v) is 7.51. The van der Waals surface area contributed by atoms with Gasteiger partial charge in [0.2, 0.25) is 5.95 Å². The van der Waals surface area contributed by atoms with Gasteiger partial charge in [0.05, 0.1) is 23.4 Å². The number of nitrogens with two attached hydrogens (primary N) is 1. The molecule has 1 heterocycles. The standard InChI is InChI=1S/C22H25ClFN5O/c1-29(2)11-5-10-26-21-19(14-6-4-7-16(12-14)30-3)20(27-22(25)28-21)15-8-9-18(24)17(23)13-15/h4,6-9,12-13H,5,10-11H2,1-3H3,(H3,25,26,27,28). The number of rotatable bonds is 8. The Morgan fingerprint density at radius 3 is 2.63 bits per heavy atom. The maximum atomic E-state index is 13.7. The van der Waals surface area contributed by atoms with Crippen LogP contribution in [0.1, 0.15) is 6.42 Å². The zero-order valence-corrected chi connectivity index (χ0v) is 18.0. The van der Waals surface area contributed by atoms with Crippen LogP contribution in [0.15, 0.2) is 42.5 Å². The van der Waals surface area contributed by atoms with E-state index in [9.17, 15) is 4.39 Å². The summed E-state index contributed by atoms with van der Waals surface area (Å²) in [5.74, 6) is 0.926. The largest absolute Gasteiger partial charge is 0.497 e. The van der Waals surface area contributed by atoms with E-state index in [-0.39, 0.29) is 11.0 Å². The summed E-state index contributed by atoms with van der Waals surface area (Å²) in [6.07, 6.45) is 0.923. The normalized spacial score (nSPS) is 11.0. The molecule has 0 saturated carbocycles. The fraction of sp³-hybridized carbons (Fsp3) is 0.273. The van der Waals surface area contributed by atoms with Gasteiger partial charge in [-0.1, -0.05) is 23.7 Å². The number of halogens is 2. The number of nitrogens with zero attached hydrogens (tertiary/aromatic N) is 3. The Hall–Kier alpha value is -2.90. The molecule has 0 unspecified atom stereocenters. The number of nitrogens with one attached hydrogen (secondary N) is 1. The Kier molecular flexibility index (Phi) is 7.07. The molecule has 2 aromatic carbocycles. The zero-order valence-electron chi connectivity index (χ0n) is 17.2. The van der Waals surface area contributed by atoms with Crippen molar-refractivity contribution in [2.45, 2.75) is 6.42 Å². The fourth-order valence-electron chi connectivity index (χ4n) is 3.11. The summed E-state index contributed by atoms with van der Waals surface area (Å²) in [5.41, 5.74) is 8.82. The minimum atomic E-state index is -0.493. The number of ether oxygens (including phenoxy) is 1. The number of benzene rings is 2. The molecule has 158 valence electrons. The smallest absolute Gasteiger partial charge is 0.222 e. The molecule has 8 heteroatoms. The van der Waals surface area contributed by atoms with Gasteiger partial charge in [0, 0.05) is 12.1 Å². The second-order valence-electron chi connectivity index (χ2n) is 7.10. The van der Waals surface area contributed by atoms with E-state index in [0.717, 1.165) is 24.1 Å². The van der Waals surface area contributed by atoms with Gasteiger partial charge in [-0.25, -0.2) is 9.37 Å². The minimum Gasteiger partial charge on any atom is -0.497 e. The molecule has 0 saturated heterocycles. The molecule has 0 aliphatic rings. The fourth-order valence-corrected chi connectivity index (χ4v) is 3.29. The minimum absolute atomic E-state index is 0.0155. The van der Waals surface area contributed by atoms with Gasteiger partial charge in [-0.15, -0.1) is 0 Å². The lowest BCUT2D eigenvalue weighted by Crippen LogP contribution is -2.17. The van der Waals surface area contributed by atoms with Crippen LogP contribution in [0.4, 0.5) is 16.2 Å². The molecule has 6 nitrogen and oxygen atoms in total. The van der Waals surface area contributed by atoms with Crippen LogP contribution in [-0.2, 0) is 0 Å². The van der Waals surface area contributed by atoms with Crippen LogP contribution in [0, 0.1) is 5.82 Å². The van der Waals surface area contributed by atoms with Crippen molar-refractivity contribution in [3.05, 3.63) is 53.3 Å². The van der Waals surface area contributed by atoms with Gasteiger partial charge in [-0.05, 0) is 63.0 Å². The van der Waals surface area contributed by atoms with E-state index in [1.807, 2.05) is 38.4 Å². The number of aromatic nitrogens is 2. The van der Waals surface area contributed by atoms with Crippen molar-refractivity contribution < 1.29 is 9.13 Å². The molecule has 3 rings (SSSR count). The molecule has 0 spiro atoms. The molecule has 1 aromatic heterocycles. The predicted octanol–water partition coefficient (Wildman–Crippen LogP) is 4.56. The topological polar surface area (TPSA) is 76.3 Å². The van der Waals surface area contributed by atoms with Gasteiger partial charge in [0.1, 0.15) is 17.4 Å². The van der Waals surface area contributed by atoms with Crippen LogP contribution in [-0.4, -0.2) is 49.2 Å². The third-order valence-corrected chi connectivity index (χ3v) is 4.84. The zero-order chi connectivity index (χ0) is 21.7. The van der Waals surface area contributed by atoms with Crippen molar-refractivity contribution in [1.82, 2.24) is 14.9 Å². The van der Waals surface area contributed by atoms with Crippen molar-refractivity contribution in [3.63, 3.8) is 0 Å². The molecule has 3 aromatic rings. The molecule has 3 N–H and O–H groups in total. The van der Waals surface area contributed by atoms with E-state index < -0.39 is 5.82 Å². The van der Waals surface area contributed by atoms with Crippen LogP contribution < -0.4 is 15.8 Å². The average Bonchev–Trinajstić information content (AvgIpc) is 2.72. The van der Waals surface area contributed by atoms with Gasteiger partial charge in [-0.3, -0.25) is 0 Å². The van der Waals surface area contributed by atoms with E-state index in [4.69, 9.17) is 22.1 Å². The lowest BCUT2D eigenvalue weighted by Gasteiger charge is -2.17. The SMILES string of the molecule is COc1cccc(-c2c(NCCCN(C)C)nc(N)nc2-c2ccc(F)c(Cl)c2)c1. The molecule has 0 aliphatic carbocycles. The number of methoxy groups -OCH3 is 1. The first-order valence-corrected chi connectivity index (χ1v) is 9.93. The maximum absolute atomic E-state index is 13.7. The third kappa shape index (κ3) is 5.17. The highest BCUT2D eigenvalue weighted by Crippen LogP contribution is 2.38. The number of hydrogen-bond acceptors (Lipinski definition) is 6. The Morgan fingerprint density at radius 2 is 1.93 bits per heavy atom. The lowest BCUT2D eigenvalue weighted by molar-refractivity contribution is 0.405. The van der Waals surface area contributed by atoms with Gasteiger partial charge in [-0.2, -0.15) is 4.98 Å². The van der Waals surface area contributed by atoms with Gasteiger partial charge >= 0.3 is 0 Å². The summed E-state index contributed by atoms with van der Waals surface area (Å²) >= 11 is 6.03. The van der Waals surface area contributed by atoms with Crippen LogP contribution >= 0.6 is 11.6 Å². The first kappa shape index (κ1) is 21.8. The van der Waals surface area contributed by atoms with E-state index in [1.165, 1.54) is 12.1 Å². The summed E-state index contributed by atoms with van der Waals surface area (Å²) in [5, 5.41) is 3.39. The summed E-state index contributed by atoms with van der Waals surface area (Å²) in [6, 6.07) is 12.1. The monoisotopic (exact) mass is 429 g/mol. The van der Waals surface area contributed by atoms with Crippen molar-refractivity contribution in [2.24, 2.45) is 0 Å². The predicted molar refractivity (Wildman–Crippen MR) is 120 cm³/mol. The van der Waals surface area contributed by atoms with E-state index in [0.29, 0.717) is 29.4 Å². The molecular weight excluding hydrogens is 405 g/mol. The van der Waals surface area contributed by atoms with Crippen molar-refractivity contribution in [3.8, 4) is 28.1 Å². The Balaban J connectivity index is 2.13. The highest BCUT2D eigenvalue weighted by atomic mass is 35.5. The van der Waals surface area contributed by atoms with E-state index in [2.05, 4.69) is 20.2 Å². The van der Waals surface area contributed by atoms with Crippen LogP contribution in [0.3, 0.4) is 0 Å². The quantitative estimate of drug-likeness (QED) is 0.511. The number of hydrogen-bond donors (Lipinski definition) is 2. The number of nitrogen functional groups attached to an aromatic ring is 1. The van der Waals surface area contributed by atoms with Crippen LogP contribution in [0.2, 0.25) is 5.02 Å². The van der Waals surface area contributed by atoms with Crippen molar-refractivity contribution >= 4 is 23.4 Å². The van der Waals surface area contributed by atoms with Crippen molar-refractivity contribution in [2.75, 3.05) is 45.3 Å². The van der Waals surface area contributed by atoms with Gasteiger partial charge < -0.3 is 20.7 Å². The molecule has 0 bridgehead atoms. The summed E-state index contributed by atoms with van der Waals surface area (Å²) < 4.78 is 19.1. The van der Waals surface area contributed by atoms with E-state index >= 15 is 0 Å². The Labute approximate surface area is 180 Å². The number of anilines is 2. The van der Waals surface area contributed by atoms with Gasteiger partial charge in [0.25, 0.3) is 0 Å². The molecule has 0 atom stereocenters. The van der Waals surface area contributed by atoms with Crippen LogP contribution in [0.5, 0.6) is 5.75 Å². The summed E-state index contributed by atoms with van der Waals surface area (Å²) in [7, 11) is 5.67. The highest BCUT2D eigenvalue weighted by molar-refractivity contribution is 6.31. The highest BCUT2D eigenvalue weighted by Gasteiger charge is 2.18. The van der Waals surface area contributed by atoms with Crippen molar-refractivity contribution in [1.29, 1.82) is 0 Å². The average molecular weight is 430 g/mol. The molecule has 0 aliphatic heterocycles. The molecule has 0 amide bonds. The summed E-state index contributed by atoms with van der Waals surface area (Å²) in [6.45, 7) is 1.64. The molecule has 0 radical (unpaired) electrons. The maximum Gasteiger partial charge on any atom is 0.222 e. The molecule has 0 fully saturated rings. The van der Waals surface area contributed by atoms with Gasteiger partial charge in [0.15, 0.2) is 0 Å². The Morgan fingerprint density at radius 1 is 1.13 bits per heavy atom. The van der Waals surface area contributed by atoms with E-state index in [1.54, 1.807) is 13.2 Å². The first-order chi connectivity index (χ1) is 14.4. The second kappa shape index (κ2) is 9.73. The molecular formula is C22H25ClFN5O. The third-order valence-electron chi connectivity index (χ3n) is 4.55. The molecule has 30 heavy (non-hydrogen) atoms. The Bertz CT molecular complexity index is 1030. The lowest BCUT2D eigenvalue weighted by atomic mass is 9.99. The first-order valence-electron chi connectivity index (χ1n) is 9.55. The van der Waals surface area contributed by atoms with Crippen LogP contribution in [0.25, 0.3) is 22.4 Å². The summed E-state index contributed by atoms with van der Waals surface area (Å²) in [4.78, 5) is 11.0.